The van der Waals surface area contributed by atoms with E-state index in [1.807, 2.05) is 18.4 Å². The van der Waals surface area contributed by atoms with E-state index in [9.17, 15) is 4.79 Å². The number of benzene rings is 1. The number of aryl methyl sites for hydroxylation is 1. The van der Waals surface area contributed by atoms with Crippen LogP contribution in [0.1, 0.15) is 20.8 Å². The van der Waals surface area contributed by atoms with Crippen molar-refractivity contribution in [1.29, 1.82) is 0 Å². The number of hydrogen-bond donors (Lipinski definition) is 2. The van der Waals surface area contributed by atoms with E-state index in [-0.39, 0.29) is 10.6 Å². The zero-order valence-corrected chi connectivity index (χ0v) is 11.6. The molecule has 4 nitrogen and oxygen atoms in total. The van der Waals surface area contributed by atoms with Gasteiger partial charge in [0.15, 0.2) is 0 Å². The van der Waals surface area contributed by atoms with Gasteiger partial charge in [0, 0.05) is 4.88 Å². The van der Waals surface area contributed by atoms with Crippen LogP contribution in [0.15, 0.2) is 34.7 Å². The Labute approximate surface area is 119 Å². The standard InChI is InChI=1S/C13H11ClN2O2S/c1-8-4-5-19-12(8)7-15-16-9-2-3-11(14)10(6-9)13(17)18/h2-7,16H,1H3,(H,17,18). The molecule has 0 unspecified atom stereocenters. The first-order valence-corrected chi connectivity index (χ1v) is 6.69. The molecule has 19 heavy (non-hydrogen) atoms. The third-order valence-electron chi connectivity index (χ3n) is 2.47. The van der Waals surface area contributed by atoms with Crippen LogP contribution in [-0.4, -0.2) is 17.3 Å². The highest BCUT2D eigenvalue weighted by Gasteiger charge is 2.08. The Morgan fingerprint density at radius 1 is 1.47 bits per heavy atom. The van der Waals surface area contributed by atoms with E-state index >= 15 is 0 Å². The van der Waals surface area contributed by atoms with Gasteiger partial charge < -0.3 is 5.11 Å². The van der Waals surface area contributed by atoms with Gasteiger partial charge in [-0.1, -0.05) is 11.6 Å². The van der Waals surface area contributed by atoms with Crippen molar-refractivity contribution in [2.45, 2.75) is 6.92 Å². The highest BCUT2D eigenvalue weighted by atomic mass is 35.5. The number of carboxylic acid groups (broad SMARTS) is 1. The number of thiophene rings is 1. The van der Waals surface area contributed by atoms with Gasteiger partial charge in [-0.3, -0.25) is 5.43 Å². The lowest BCUT2D eigenvalue weighted by Crippen LogP contribution is -1.99. The van der Waals surface area contributed by atoms with Gasteiger partial charge in [-0.05, 0) is 42.1 Å². The van der Waals surface area contributed by atoms with Crippen molar-refractivity contribution in [3.63, 3.8) is 0 Å². The first kappa shape index (κ1) is 13.6. The number of nitrogens with one attached hydrogen (secondary N) is 1. The summed E-state index contributed by atoms with van der Waals surface area (Å²) in [6, 6.07) is 6.66. The number of aromatic carboxylic acids is 1. The summed E-state index contributed by atoms with van der Waals surface area (Å²) in [5.74, 6) is -1.06. The van der Waals surface area contributed by atoms with Gasteiger partial charge in [-0.2, -0.15) is 5.10 Å². The van der Waals surface area contributed by atoms with E-state index < -0.39 is 5.97 Å². The summed E-state index contributed by atoms with van der Waals surface area (Å²) in [4.78, 5) is 12.0. The van der Waals surface area contributed by atoms with E-state index in [0.29, 0.717) is 5.69 Å². The van der Waals surface area contributed by atoms with Crippen LogP contribution in [0.2, 0.25) is 5.02 Å². The van der Waals surface area contributed by atoms with Gasteiger partial charge in [-0.25, -0.2) is 4.79 Å². The quantitative estimate of drug-likeness (QED) is 0.665. The summed E-state index contributed by atoms with van der Waals surface area (Å²) in [6.45, 7) is 2.00. The maximum Gasteiger partial charge on any atom is 0.337 e. The summed E-state index contributed by atoms with van der Waals surface area (Å²) in [6.07, 6.45) is 1.70. The van der Waals surface area contributed by atoms with Crippen LogP contribution in [0.3, 0.4) is 0 Å². The zero-order chi connectivity index (χ0) is 13.8. The molecular formula is C13H11ClN2O2S. The molecule has 0 bridgehead atoms. The predicted octanol–water partition coefficient (Wildman–Crippen LogP) is 3.85. The Balaban J connectivity index is 2.12. The van der Waals surface area contributed by atoms with Crippen LogP contribution < -0.4 is 5.43 Å². The van der Waals surface area contributed by atoms with Crippen molar-refractivity contribution in [3.8, 4) is 0 Å². The normalized spacial score (nSPS) is 10.8. The third-order valence-corrected chi connectivity index (χ3v) is 3.76. The number of carboxylic acids is 1. The average Bonchev–Trinajstić information content (AvgIpc) is 2.77. The maximum atomic E-state index is 10.9. The molecule has 0 saturated heterocycles. The van der Waals surface area contributed by atoms with Gasteiger partial charge in [0.25, 0.3) is 0 Å². The zero-order valence-electron chi connectivity index (χ0n) is 10.1. The molecule has 0 amide bonds. The second kappa shape index (κ2) is 5.86. The number of rotatable bonds is 4. The molecule has 98 valence electrons. The Morgan fingerprint density at radius 3 is 2.89 bits per heavy atom. The molecule has 2 rings (SSSR count). The fraction of sp³-hybridized carbons (Fsp3) is 0.0769. The van der Waals surface area contributed by atoms with Gasteiger partial charge in [0.05, 0.1) is 22.5 Å². The smallest absolute Gasteiger partial charge is 0.337 e. The minimum atomic E-state index is -1.06. The molecule has 0 fully saturated rings. The molecule has 0 aliphatic rings. The molecule has 6 heteroatoms. The molecule has 0 radical (unpaired) electrons. The molecule has 1 heterocycles. The molecule has 1 aromatic heterocycles. The summed E-state index contributed by atoms with van der Waals surface area (Å²) < 4.78 is 0. The molecule has 0 spiro atoms. The van der Waals surface area contributed by atoms with Crippen molar-refractivity contribution < 1.29 is 9.90 Å². The monoisotopic (exact) mass is 294 g/mol. The molecule has 0 atom stereocenters. The minimum absolute atomic E-state index is 0.0502. The Bertz CT molecular complexity index is 637. The number of hydrazone groups is 1. The fourth-order valence-electron chi connectivity index (χ4n) is 1.44. The number of carbonyl (C=O) groups is 1. The lowest BCUT2D eigenvalue weighted by atomic mass is 10.2. The van der Waals surface area contributed by atoms with E-state index in [1.165, 1.54) is 12.1 Å². The van der Waals surface area contributed by atoms with Crippen molar-refractivity contribution in [2.75, 3.05) is 5.43 Å². The molecule has 0 aliphatic carbocycles. The van der Waals surface area contributed by atoms with E-state index in [1.54, 1.807) is 23.6 Å². The van der Waals surface area contributed by atoms with Crippen molar-refractivity contribution in [3.05, 3.63) is 50.7 Å². The van der Waals surface area contributed by atoms with Crippen LogP contribution in [0.25, 0.3) is 0 Å². The average molecular weight is 295 g/mol. The molecule has 0 saturated carbocycles. The summed E-state index contributed by atoms with van der Waals surface area (Å²) >= 11 is 7.37. The second-order valence-corrected chi connectivity index (χ2v) is 5.19. The largest absolute Gasteiger partial charge is 0.478 e. The van der Waals surface area contributed by atoms with Gasteiger partial charge in [0.2, 0.25) is 0 Å². The second-order valence-electron chi connectivity index (χ2n) is 3.84. The van der Waals surface area contributed by atoms with Crippen LogP contribution in [0.5, 0.6) is 0 Å². The molecule has 1 aromatic carbocycles. The van der Waals surface area contributed by atoms with Crippen LogP contribution in [0.4, 0.5) is 5.69 Å². The predicted molar refractivity (Wildman–Crippen MR) is 78.7 cm³/mol. The summed E-state index contributed by atoms with van der Waals surface area (Å²) in [5, 5.41) is 15.2. The van der Waals surface area contributed by atoms with Gasteiger partial charge in [-0.15, -0.1) is 11.3 Å². The first-order valence-electron chi connectivity index (χ1n) is 5.44. The van der Waals surface area contributed by atoms with Crippen LogP contribution >= 0.6 is 22.9 Å². The van der Waals surface area contributed by atoms with Gasteiger partial charge >= 0.3 is 5.97 Å². The van der Waals surface area contributed by atoms with E-state index in [0.717, 1.165) is 10.4 Å². The fourth-order valence-corrected chi connectivity index (χ4v) is 2.43. The number of hydrogen-bond acceptors (Lipinski definition) is 4. The van der Waals surface area contributed by atoms with Crippen molar-refractivity contribution in [2.24, 2.45) is 5.10 Å². The van der Waals surface area contributed by atoms with Crippen molar-refractivity contribution in [1.82, 2.24) is 0 Å². The number of nitrogens with zero attached hydrogens (tertiary/aromatic N) is 1. The minimum Gasteiger partial charge on any atom is -0.478 e. The Kier molecular flexibility index (Phi) is 4.19. The van der Waals surface area contributed by atoms with Crippen LogP contribution in [-0.2, 0) is 0 Å². The number of halogens is 1. The molecule has 2 N–H and O–H groups in total. The van der Waals surface area contributed by atoms with Crippen molar-refractivity contribution >= 4 is 40.8 Å². The molecule has 2 aromatic rings. The molecule has 0 aliphatic heterocycles. The lowest BCUT2D eigenvalue weighted by Gasteiger charge is -2.03. The summed E-state index contributed by atoms with van der Waals surface area (Å²) in [5.41, 5.74) is 4.56. The number of anilines is 1. The third kappa shape index (κ3) is 3.33. The maximum absolute atomic E-state index is 10.9. The first-order chi connectivity index (χ1) is 9.08. The van der Waals surface area contributed by atoms with Gasteiger partial charge in [0.1, 0.15) is 0 Å². The SMILES string of the molecule is Cc1ccsc1C=NNc1ccc(Cl)c(C(=O)O)c1. The topological polar surface area (TPSA) is 61.7 Å². The Hall–Kier alpha value is -1.85. The lowest BCUT2D eigenvalue weighted by molar-refractivity contribution is 0.0697. The highest BCUT2D eigenvalue weighted by Crippen LogP contribution is 2.20. The van der Waals surface area contributed by atoms with E-state index in [2.05, 4.69) is 10.5 Å². The molecular weight excluding hydrogens is 284 g/mol. The highest BCUT2D eigenvalue weighted by molar-refractivity contribution is 7.11. The Morgan fingerprint density at radius 2 is 2.26 bits per heavy atom. The van der Waals surface area contributed by atoms with E-state index in [4.69, 9.17) is 16.7 Å². The van der Waals surface area contributed by atoms with Crippen LogP contribution in [0, 0.1) is 6.92 Å². The summed E-state index contributed by atoms with van der Waals surface area (Å²) in [7, 11) is 0.